The zero-order valence-electron chi connectivity index (χ0n) is 11.5. The minimum Gasteiger partial charge on any atom is -0.387 e. The van der Waals surface area contributed by atoms with E-state index in [2.05, 4.69) is 22.9 Å². The van der Waals surface area contributed by atoms with Crippen LogP contribution in [0.4, 0.5) is 0 Å². The molecule has 0 aliphatic carbocycles. The van der Waals surface area contributed by atoms with Gasteiger partial charge in [-0.3, -0.25) is 0 Å². The molecule has 1 aliphatic rings. The second kappa shape index (κ2) is 5.35. The molecule has 0 unspecified atom stereocenters. The average molecular weight is 258 g/mol. The standard InChI is InChI=1S/C16H22N2O/c1-12-6-8-18(9-7-12)11-16(19)14-10-17-15-5-3-2-4-13(14)15/h2-5,10,12,16-17,19H,6-9,11H2,1H3/t16-/m0/s1. The molecule has 0 spiro atoms. The van der Waals surface area contributed by atoms with Gasteiger partial charge in [-0.1, -0.05) is 25.1 Å². The molecule has 2 aromatic rings. The summed E-state index contributed by atoms with van der Waals surface area (Å²) in [5, 5.41) is 11.6. The van der Waals surface area contributed by atoms with E-state index in [0.717, 1.165) is 42.0 Å². The molecule has 0 radical (unpaired) electrons. The van der Waals surface area contributed by atoms with Gasteiger partial charge in [0.2, 0.25) is 0 Å². The maximum atomic E-state index is 10.5. The number of hydrogen-bond donors (Lipinski definition) is 2. The van der Waals surface area contributed by atoms with E-state index in [1.54, 1.807) is 0 Å². The molecule has 1 aromatic heterocycles. The van der Waals surface area contributed by atoms with Gasteiger partial charge in [-0.2, -0.15) is 0 Å². The van der Waals surface area contributed by atoms with Crippen LogP contribution in [0.3, 0.4) is 0 Å². The van der Waals surface area contributed by atoms with Crippen molar-refractivity contribution >= 4 is 10.9 Å². The zero-order chi connectivity index (χ0) is 13.2. The monoisotopic (exact) mass is 258 g/mol. The van der Waals surface area contributed by atoms with Gasteiger partial charge in [0.15, 0.2) is 0 Å². The molecule has 3 nitrogen and oxygen atoms in total. The smallest absolute Gasteiger partial charge is 0.0937 e. The van der Waals surface area contributed by atoms with Crippen LogP contribution in [0, 0.1) is 5.92 Å². The van der Waals surface area contributed by atoms with Gasteiger partial charge in [-0.25, -0.2) is 0 Å². The first-order valence-corrected chi connectivity index (χ1v) is 7.20. The van der Waals surface area contributed by atoms with Gasteiger partial charge in [0.05, 0.1) is 6.10 Å². The molecular formula is C16H22N2O. The Morgan fingerprint density at radius 1 is 1.32 bits per heavy atom. The fourth-order valence-corrected chi connectivity index (χ4v) is 2.96. The lowest BCUT2D eigenvalue weighted by Crippen LogP contribution is -2.35. The molecule has 3 heteroatoms. The van der Waals surface area contributed by atoms with Crippen molar-refractivity contribution in [1.29, 1.82) is 0 Å². The Labute approximate surface area is 114 Å². The number of rotatable bonds is 3. The van der Waals surface area contributed by atoms with Gasteiger partial charge < -0.3 is 15.0 Å². The summed E-state index contributed by atoms with van der Waals surface area (Å²) in [7, 11) is 0. The molecular weight excluding hydrogens is 236 g/mol. The van der Waals surface area contributed by atoms with Crippen molar-refractivity contribution in [3.8, 4) is 0 Å². The van der Waals surface area contributed by atoms with Crippen molar-refractivity contribution in [1.82, 2.24) is 9.88 Å². The highest BCUT2D eigenvalue weighted by Gasteiger charge is 2.20. The van der Waals surface area contributed by atoms with Crippen molar-refractivity contribution in [2.45, 2.75) is 25.9 Å². The van der Waals surface area contributed by atoms with Crippen molar-refractivity contribution in [3.63, 3.8) is 0 Å². The van der Waals surface area contributed by atoms with E-state index < -0.39 is 6.10 Å². The number of fused-ring (bicyclic) bond motifs is 1. The fourth-order valence-electron chi connectivity index (χ4n) is 2.96. The summed E-state index contributed by atoms with van der Waals surface area (Å²) in [5.41, 5.74) is 2.12. The Morgan fingerprint density at radius 2 is 2.05 bits per heavy atom. The molecule has 2 N–H and O–H groups in total. The van der Waals surface area contributed by atoms with E-state index in [1.165, 1.54) is 12.8 Å². The van der Waals surface area contributed by atoms with Crippen LogP contribution in [-0.2, 0) is 0 Å². The first-order chi connectivity index (χ1) is 9.24. The van der Waals surface area contributed by atoms with Gasteiger partial charge >= 0.3 is 0 Å². The highest BCUT2D eigenvalue weighted by atomic mass is 16.3. The van der Waals surface area contributed by atoms with Gasteiger partial charge in [0.1, 0.15) is 0 Å². The maximum Gasteiger partial charge on any atom is 0.0937 e. The first-order valence-electron chi connectivity index (χ1n) is 7.20. The summed E-state index contributed by atoms with van der Waals surface area (Å²) < 4.78 is 0. The Hall–Kier alpha value is -1.32. The molecule has 1 atom stereocenters. The lowest BCUT2D eigenvalue weighted by molar-refractivity contribution is 0.0925. The van der Waals surface area contributed by atoms with Crippen LogP contribution in [0.5, 0.6) is 0 Å². The summed E-state index contributed by atoms with van der Waals surface area (Å²) in [4.78, 5) is 5.62. The number of aliphatic hydroxyl groups excluding tert-OH is 1. The number of nitrogens with one attached hydrogen (secondary N) is 1. The minimum absolute atomic E-state index is 0.399. The van der Waals surface area contributed by atoms with Crippen LogP contribution < -0.4 is 0 Å². The molecule has 1 fully saturated rings. The number of hydrogen-bond acceptors (Lipinski definition) is 2. The van der Waals surface area contributed by atoms with E-state index in [-0.39, 0.29) is 0 Å². The topological polar surface area (TPSA) is 39.3 Å². The summed E-state index contributed by atoms with van der Waals surface area (Å²) in [6.07, 6.45) is 4.05. The molecule has 102 valence electrons. The normalized spacial score (nSPS) is 19.9. The Bertz CT molecular complexity index is 540. The maximum absolute atomic E-state index is 10.5. The molecule has 0 amide bonds. The predicted molar refractivity (Wildman–Crippen MR) is 78.1 cm³/mol. The van der Waals surface area contributed by atoms with Crippen molar-refractivity contribution in [2.24, 2.45) is 5.92 Å². The van der Waals surface area contributed by atoms with Crippen molar-refractivity contribution < 1.29 is 5.11 Å². The fraction of sp³-hybridized carbons (Fsp3) is 0.500. The third-order valence-corrected chi connectivity index (χ3v) is 4.29. The number of likely N-dealkylation sites (tertiary alicyclic amines) is 1. The highest BCUT2D eigenvalue weighted by molar-refractivity contribution is 5.83. The van der Waals surface area contributed by atoms with E-state index in [0.29, 0.717) is 0 Å². The summed E-state index contributed by atoms with van der Waals surface area (Å²) in [6, 6.07) is 8.16. The molecule has 19 heavy (non-hydrogen) atoms. The second-order valence-electron chi connectivity index (χ2n) is 5.79. The summed E-state index contributed by atoms with van der Waals surface area (Å²) in [5.74, 6) is 0.835. The van der Waals surface area contributed by atoms with E-state index in [9.17, 15) is 5.11 Å². The average Bonchev–Trinajstić information content (AvgIpc) is 2.85. The predicted octanol–water partition coefficient (Wildman–Crippen LogP) is 2.93. The quantitative estimate of drug-likeness (QED) is 0.888. The van der Waals surface area contributed by atoms with Gasteiger partial charge in [-0.05, 0) is 37.9 Å². The lowest BCUT2D eigenvalue weighted by atomic mass is 9.98. The van der Waals surface area contributed by atoms with Gasteiger partial charge in [0.25, 0.3) is 0 Å². The number of β-amino-alcohol motifs (C(OH)–C–C–N with tert-alkyl or cyclic N) is 1. The molecule has 0 bridgehead atoms. The Kier molecular flexibility index (Phi) is 3.58. The summed E-state index contributed by atoms with van der Waals surface area (Å²) in [6.45, 7) is 5.28. The lowest BCUT2D eigenvalue weighted by Gasteiger charge is -2.31. The van der Waals surface area contributed by atoms with Crippen molar-refractivity contribution in [2.75, 3.05) is 19.6 Å². The van der Waals surface area contributed by atoms with Crippen LogP contribution >= 0.6 is 0 Å². The molecule has 0 saturated carbocycles. The Balaban J connectivity index is 1.71. The largest absolute Gasteiger partial charge is 0.387 e. The molecule has 3 rings (SSSR count). The number of piperidine rings is 1. The van der Waals surface area contributed by atoms with Crippen LogP contribution in [0.15, 0.2) is 30.5 Å². The van der Waals surface area contributed by atoms with Crippen molar-refractivity contribution in [3.05, 3.63) is 36.0 Å². The number of aliphatic hydroxyl groups is 1. The number of benzene rings is 1. The minimum atomic E-state index is -0.399. The third-order valence-electron chi connectivity index (χ3n) is 4.29. The van der Waals surface area contributed by atoms with Crippen LogP contribution in [0.1, 0.15) is 31.4 Å². The summed E-state index contributed by atoms with van der Waals surface area (Å²) >= 11 is 0. The number of aromatic amines is 1. The Morgan fingerprint density at radius 3 is 2.84 bits per heavy atom. The second-order valence-corrected chi connectivity index (χ2v) is 5.79. The van der Waals surface area contributed by atoms with Gasteiger partial charge in [-0.15, -0.1) is 0 Å². The number of nitrogens with zero attached hydrogens (tertiary/aromatic N) is 1. The van der Waals surface area contributed by atoms with E-state index in [1.807, 2.05) is 24.4 Å². The number of H-pyrrole nitrogens is 1. The third kappa shape index (κ3) is 2.67. The van der Waals surface area contributed by atoms with Crippen LogP contribution in [0.2, 0.25) is 0 Å². The SMILES string of the molecule is CC1CCN(C[C@H](O)c2c[nH]c3ccccc23)CC1. The highest BCUT2D eigenvalue weighted by Crippen LogP contribution is 2.26. The molecule has 1 saturated heterocycles. The molecule has 1 aliphatic heterocycles. The first kappa shape index (κ1) is 12.7. The van der Waals surface area contributed by atoms with E-state index in [4.69, 9.17) is 0 Å². The molecule has 1 aromatic carbocycles. The molecule has 2 heterocycles. The number of aromatic nitrogens is 1. The van der Waals surface area contributed by atoms with Gasteiger partial charge in [0, 0.05) is 29.2 Å². The number of para-hydroxylation sites is 1. The van der Waals surface area contributed by atoms with E-state index >= 15 is 0 Å². The zero-order valence-corrected chi connectivity index (χ0v) is 11.5. The van der Waals surface area contributed by atoms with Crippen LogP contribution in [0.25, 0.3) is 10.9 Å². The van der Waals surface area contributed by atoms with Crippen LogP contribution in [-0.4, -0.2) is 34.6 Å².